The summed E-state index contributed by atoms with van der Waals surface area (Å²) in [5, 5.41) is 4.31. The van der Waals surface area contributed by atoms with Crippen LogP contribution in [0.25, 0.3) is 10.8 Å². The SMILES string of the molecule is O=Cc1c(OCC(=O)N[C@@H]2CCS(=O)(=O)C2)ccc2ccccc12. The lowest BCUT2D eigenvalue weighted by molar-refractivity contribution is -0.123. The van der Waals surface area contributed by atoms with Crippen LogP contribution in [0.1, 0.15) is 16.8 Å². The van der Waals surface area contributed by atoms with E-state index in [4.69, 9.17) is 4.74 Å². The lowest BCUT2D eigenvalue weighted by Gasteiger charge is -2.13. The van der Waals surface area contributed by atoms with E-state index in [1.54, 1.807) is 6.07 Å². The van der Waals surface area contributed by atoms with E-state index in [2.05, 4.69) is 5.32 Å². The van der Waals surface area contributed by atoms with Crippen LogP contribution in [0.5, 0.6) is 5.75 Å². The van der Waals surface area contributed by atoms with Crippen LogP contribution in [-0.4, -0.2) is 44.8 Å². The standard InChI is InChI=1S/C17H17NO5S/c19-9-15-14-4-2-1-3-12(14)5-6-16(15)23-10-17(20)18-13-7-8-24(21,22)11-13/h1-6,9,13H,7-8,10-11H2,(H,18,20)/t13-/m1/s1. The van der Waals surface area contributed by atoms with E-state index < -0.39 is 15.7 Å². The maximum Gasteiger partial charge on any atom is 0.258 e. The highest BCUT2D eigenvalue weighted by atomic mass is 32.2. The number of hydrogen-bond donors (Lipinski definition) is 1. The molecule has 0 aromatic heterocycles. The normalized spacial score (nSPS) is 19.1. The smallest absolute Gasteiger partial charge is 0.258 e. The molecule has 3 rings (SSSR count). The molecule has 1 atom stereocenters. The fourth-order valence-electron chi connectivity index (χ4n) is 2.84. The molecule has 6 nitrogen and oxygen atoms in total. The average molecular weight is 347 g/mol. The molecule has 0 aliphatic carbocycles. The number of nitrogens with one attached hydrogen (secondary N) is 1. The Morgan fingerprint density at radius 1 is 1.25 bits per heavy atom. The Morgan fingerprint density at radius 3 is 2.75 bits per heavy atom. The first-order valence-electron chi connectivity index (χ1n) is 7.58. The Labute approximate surface area is 139 Å². The second-order valence-corrected chi connectivity index (χ2v) is 8.00. The zero-order valence-corrected chi connectivity index (χ0v) is 13.7. The summed E-state index contributed by atoms with van der Waals surface area (Å²) in [6.07, 6.45) is 1.13. The largest absolute Gasteiger partial charge is 0.483 e. The van der Waals surface area contributed by atoms with E-state index in [0.29, 0.717) is 24.0 Å². The zero-order chi connectivity index (χ0) is 17.2. The molecule has 1 saturated heterocycles. The van der Waals surface area contributed by atoms with E-state index in [1.165, 1.54) is 0 Å². The minimum absolute atomic E-state index is 0.0334. The third-order valence-electron chi connectivity index (χ3n) is 4.00. The number of amides is 1. The van der Waals surface area contributed by atoms with Crippen molar-refractivity contribution in [3.8, 4) is 5.75 Å². The van der Waals surface area contributed by atoms with Crippen molar-refractivity contribution < 1.29 is 22.7 Å². The number of benzene rings is 2. The Balaban J connectivity index is 1.67. The van der Waals surface area contributed by atoms with Crippen molar-refractivity contribution in [1.29, 1.82) is 0 Å². The summed E-state index contributed by atoms with van der Waals surface area (Å²) < 4.78 is 28.2. The molecular weight excluding hydrogens is 330 g/mol. The van der Waals surface area contributed by atoms with Gasteiger partial charge in [0.1, 0.15) is 5.75 Å². The summed E-state index contributed by atoms with van der Waals surface area (Å²) in [6, 6.07) is 10.5. The van der Waals surface area contributed by atoms with Gasteiger partial charge in [0.15, 0.2) is 22.7 Å². The van der Waals surface area contributed by atoms with Crippen molar-refractivity contribution in [1.82, 2.24) is 5.32 Å². The van der Waals surface area contributed by atoms with Gasteiger partial charge in [0.2, 0.25) is 0 Å². The van der Waals surface area contributed by atoms with Gasteiger partial charge in [-0.05, 0) is 23.3 Å². The summed E-state index contributed by atoms with van der Waals surface area (Å²) in [5.41, 5.74) is 0.393. The lowest BCUT2D eigenvalue weighted by atomic mass is 10.0. The third kappa shape index (κ3) is 3.56. The molecule has 7 heteroatoms. The molecule has 0 radical (unpaired) electrons. The summed E-state index contributed by atoms with van der Waals surface area (Å²) in [5.74, 6) is -0.00687. The second kappa shape index (κ2) is 6.60. The predicted octanol–water partition coefficient (Wildman–Crippen LogP) is 1.33. The Bertz CT molecular complexity index is 891. The molecule has 2 aromatic carbocycles. The van der Waals surface area contributed by atoms with Gasteiger partial charge in [-0.3, -0.25) is 9.59 Å². The highest BCUT2D eigenvalue weighted by molar-refractivity contribution is 7.91. The third-order valence-corrected chi connectivity index (χ3v) is 5.77. The van der Waals surface area contributed by atoms with Crippen molar-refractivity contribution in [3.63, 3.8) is 0 Å². The summed E-state index contributed by atoms with van der Waals surface area (Å²) in [6.45, 7) is -0.268. The van der Waals surface area contributed by atoms with Gasteiger partial charge in [-0.2, -0.15) is 0 Å². The van der Waals surface area contributed by atoms with Crippen LogP contribution < -0.4 is 10.1 Å². The highest BCUT2D eigenvalue weighted by Gasteiger charge is 2.28. The average Bonchev–Trinajstić information content (AvgIpc) is 2.90. The van der Waals surface area contributed by atoms with Gasteiger partial charge < -0.3 is 10.1 Å². The maximum atomic E-state index is 11.9. The topological polar surface area (TPSA) is 89.5 Å². The van der Waals surface area contributed by atoms with Crippen molar-refractivity contribution in [2.45, 2.75) is 12.5 Å². The molecule has 1 N–H and O–H groups in total. The molecule has 0 spiro atoms. The minimum Gasteiger partial charge on any atom is -0.483 e. The number of aldehydes is 1. The van der Waals surface area contributed by atoms with Crippen molar-refractivity contribution in [3.05, 3.63) is 42.0 Å². The van der Waals surface area contributed by atoms with Gasteiger partial charge in [0, 0.05) is 6.04 Å². The second-order valence-electron chi connectivity index (χ2n) is 5.77. The van der Waals surface area contributed by atoms with Crippen LogP contribution >= 0.6 is 0 Å². The van der Waals surface area contributed by atoms with Gasteiger partial charge in [-0.1, -0.05) is 30.3 Å². The predicted molar refractivity (Wildman–Crippen MR) is 90.0 cm³/mol. The number of carbonyl (C=O) groups is 2. The van der Waals surface area contributed by atoms with E-state index in [0.717, 1.165) is 10.8 Å². The van der Waals surface area contributed by atoms with E-state index >= 15 is 0 Å². The highest BCUT2D eigenvalue weighted by Crippen LogP contribution is 2.26. The molecule has 1 aliphatic heterocycles. The van der Waals surface area contributed by atoms with Crippen LogP contribution in [0.3, 0.4) is 0 Å². The molecule has 2 aromatic rings. The summed E-state index contributed by atoms with van der Waals surface area (Å²) >= 11 is 0. The van der Waals surface area contributed by atoms with E-state index in [1.807, 2.05) is 30.3 Å². The summed E-state index contributed by atoms with van der Waals surface area (Å²) in [4.78, 5) is 23.3. The summed E-state index contributed by atoms with van der Waals surface area (Å²) in [7, 11) is -3.05. The number of carbonyl (C=O) groups excluding carboxylic acids is 2. The van der Waals surface area contributed by atoms with Crippen LogP contribution in [0.4, 0.5) is 0 Å². The lowest BCUT2D eigenvalue weighted by Crippen LogP contribution is -2.38. The van der Waals surface area contributed by atoms with Gasteiger partial charge >= 0.3 is 0 Å². The molecule has 0 saturated carbocycles. The zero-order valence-electron chi connectivity index (χ0n) is 12.9. The minimum atomic E-state index is -3.05. The molecule has 1 aliphatic rings. The van der Waals surface area contributed by atoms with Gasteiger partial charge in [-0.15, -0.1) is 0 Å². The molecule has 24 heavy (non-hydrogen) atoms. The monoisotopic (exact) mass is 347 g/mol. The Kier molecular flexibility index (Phi) is 4.53. The molecule has 1 amide bonds. The first kappa shape index (κ1) is 16.4. The maximum absolute atomic E-state index is 11.9. The van der Waals surface area contributed by atoms with Crippen molar-refractivity contribution in [2.75, 3.05) is 18.1 Å². The van der Waals surface area contributed by atoms with Crippen LogP contribution in [0, 0.1) is 0 Å². The first-order chi connectivity index (χ1) is 11.5. The molecular formula is C17H17NO5S. The van der Waals surface area contributed by atoms with E-state index in [9.17, 15) is 18.0 Å². The molecule has 1 heterocycles. The quantitative estimate of drug-likeness (QED) is 0.824. The molecule has 1 fully saturated rings. The van der Waals surface area contributed by atoms with E-state index in [-0.39, 0.29) is 24.2 Å². The van der Waals surface area contributed by atoms with Gasteiger partial charge in [-0.25, -0.2) is 8.42 Å². The van der Waals surface area contributed by atoms with Crippen LogP contribution in [0.2, 0.25) is 0 Å². The number of rotatable bonds is 5. The first-order valence-corrected chi connectivity index (χ1v) is 9.40. The van der Waals surface area contributed by atoms with Gasteiger partial charge in [0.05, 0.1) is 17.1 Å². The molecule has 0 bridgehead atoms. The molecule has 126 valence electrons. The van der Waals surface area contributed by atoms with Gasteiger partial charge in [0.25, 0.3) is 5.91 Å². The van der Waals surface area contributed by atoms with Crippen LogP contribution in [-0.2, 0) is 14.6 Å². The van der Waals surface area contributed by atoms with Crippen molar-refractivity contribution >= 4 is 32.8 Å². The Hall–Kier alpha value is -2.41. The van der Waals surface area contributed by atoms with Crippen LogP contribution in [0.15, 0.2) is 36.4 Å². The number of ether oxygens (including phenoxy) is 1. The molecule has 0 unspecified atom stereocenters. The fraction of sp³-hybridized carbons (Fsp3) is 0.294. The fourth-order valence-corrected chi connectivity index (χ4v) is 4.52. The Morgan fingerprint density at radius 2 is 2.04 bits per heavy atom. The number of hydrogen-bond acceptors (Lipinski definition) is 5. The van der Waals surface area contributed by atoms with Crippen molar-refractivity contribution in [2.24, 2.45) is 0 Å². The number of sulfone groups is 1. The number of fused-ring (bicyclic) bond motifs is 1.